The van der Waals surface area contributed by atoms with E-state index in [-0.39, 0.29) is 27.5 Å². The summed E-state index contributed by atoms with van der Waals surface area (Å²) in [4.78, 5) is 12.7. The van der Waals surface area contributed by atoms with Crippen LogP contribution in [0.2, 0.25) is 15.1 Å². The molecule has 0 spiro atoms. The van der Waals surface area contributed by atoms with Crippen LogP contribution in [-0.2, 0) is 5.67 Å². The number of rotatable bonds is 5. The standard InChI is InChI=1S/C23H14Cl3F4N3O2/c1-33(35)19-8-12(2-3-13(19)11-31)21(34)32-20-17(25)9-15(10-18(20)26)22(27,23(28,29)30)14-4-6-16(24)7-5-14/h2-10,33H,1H3,(H,32,34). The second kappa shape index (κ2) is 10.0. The number of alkyl halides is 4. The summed E-state index contributed by atoms with van der Waals surface area (Å²) in [5, 5.41) is 21.9. The lowest BCUT2D eigenvalue weighted by molar-refractivity contribution is -0.751. The van der Waals surface area contributed by atoms with Crippen LogP contribution in [0.25, 0.3) is 0 Å². The number of halogens is 7. The number of hydrogen-bond donors (Lipinski definition) is 2. The van der Waals surface area contributed by atoms with E-state index in [0.717, 1.165) is 24.3 Å². The summed E-state index contributed by atoms with van der Waals surface area (Å²) in [5.41, 5.74) is -5.87. The molecule has 0 saturated heterocycles. The maximum Gasteiger partial charge on any atom is 0.431 e. The summed E-state index contributed by atoms with van der Waals surface area (Å²) in [6.07, 6.45) is -5.39. The highest BCUT2D eigenvalue weighted by Crippen LogP contribution is 2.50. The highest BCUT2D eigenvalue weighted by Gasteiger charge is 2.58. The Bertz CT molecular complexity index is 1300. The van der Waals surface area contributed by atoms with Crippen LogP contribution in [0.15, 0.2) is 54.6 Å². The lowest BCUT2D eigenvalue weighted by Crippen LogP contribution is -2.98. The zero-order chi connectivity index (χ0) is 26.1. The fourth-order valence-corrected chi connectivity index (χ4v) is 4.03. The Balaban J connectivity index is 2.02. The molecule has 2 atom stereocenters. The first-order valence-corrected chi connectivity index (χ1v) is 10.8. The number of quaternary nitrogens is 1. The monoisotopic (exact) mass is 545 g/mol. The van der Waals surface area contributed by atoms with Crippen LogP contribution in [0.5, 0.6) is 0 Å². The normalized spacial score (nSPS) is 14.1. The van der Waals surface area contributed by atoms with Gasteiger partial charge in [0.1, 0.15) is 17.3 Å². The number of anilines is 1. The molecule has 2 unspecified atom stereocenters. The molecule has 5 nitrogen and oxygen atoms in total. The van der Waals surface area contributed by atoms with Gasteiger partial charge >= 0.3 is 6.18 Å². The van der Waals surface area contributed by atoms with Crippen molar-refractivity contribution in [1.82, 2.24) is 0 Å². The Hall–Kier alpha value is -2.87. The molecule has 1 amide bonds. The molecule has 35 heavy (non-hydrogen) atoms. The number of carbonyl (C=O) groups excluding carboxylic acids is 1. The van der Waals surface area contributed by atoms with E-state index in [1.54, 1.807) is 0 Å². The summed E-state index contributed by atoms with van der Waals surface area (Å²) in [6, 6.07) is 11.0. The van der Waals surface area contributed by atoms with E-state index in [1.165, 1.54) is 25.2 Å². The Morgan fingerprint density at radius 2 is 1.54 bits per heavy atom. The van der Waals surface area contributed by atoms with Crippen molar-refractivity contribution in [1.29, 1.82) is 5.26 Å². The average molecular weight is 547 g/mol. The lowest BCUT2D eigenvalue weighted by Gasteiger charge is -2.29. The second-order valence-corrected chi connectivity index (χ2v) is 8.61. The Morgan fingerprint density at radius 1 is 0.971 bits per heavy atom. The summed E-state index contributed by atoms with van der Waals surface area (Å²) in [5.74, 6) is -0.812. The van der Waals surface area contributed by atoms with Gasteiger partial charge in [-0.25, -0.2) is 4.39 Å². The van der Waals surface area contributed by atoms with Crippen LogP contribution >= 0.6 is 34.8 Å². The molecule has 0 aliphatic rings. The highest BCUT2D eigenvalue weighted by atomic mass is 35.5. The zero-order valence-electron chi connectivity index (χ0n) is 17.6. The first-order chi connectivity index (χ1) is 16.3. The molecule has 0 bridgehead atoms. The van der Waals surface area contributed by atoms with Gasteiger partial charge in [0.05, 0.1) is 22.8 Å². The highest BCUT2D eigenvalue weighted by molar-refractivity contribution is 6.40. The van der Waals surface area contributed by atoms with E-state index >= 15 is 4.39 Å². The van der Waals surface area contributed by atoms with Crippen LogP contribution in [0.1, 0.15) is 27.0 Å². The predicted molar refractivity (Wildman–Crippen MR) is 125 cm³/mol. The minimum Gasteiger partial charge on any atom is -0.629 e. The lowest BCUT2D eigenvalue weighted by atomic mass is 9.87. The van der Waals surface area contributed by atoms with E-state index in [0.29, 0.717) is 12.1 Å². The Labute approximate surface area is 212 Å². The van der Waals surface area contributed by atoms with Crippen molar-refractivity contribution >= 4 is 52.1 Å². The van der Waals surface area contributed by atoms with Crippen LogP contribution in [0, 0.1) is 16.5 Å². The number of hydrogen-bond acceptors (Lipinski definition) is 3. The van der Waals surface area contributed by atoms with E-state index < -0.39 is 44.0 Å². The van der Waals surface area contributed by atoms with E-state index in [1.807, 2.05) is 6.07 Å². The zero-order valence-corrected chi connectivity index (χ0v) is 19.9. The van der Waals surface area contributed by atoms with Crippen molar-refractivity contribution in [3.05, 3.63) is 97.1 Å². The number of benzene rings is 3. The van der Waals surface area contributed by atoms with Gasteiger partial charge in [-0.3, -0.25) is 4.79 Å². The molecule has 3 aromatic rings. The largest absolute Gasteiger partial charge is 0.629 e. The quantitative estimate of drug-likeness (QED) is 0.296. The van der Waals surface area contributed by atoms with Gasteiger partial charge in [-0.05, 0) is 36.4 Å². The maximum atomic E-state index is 15.7. The maximum absolute atomic E-state index is 15.7. The molecule has 3 rings (SSSR count). The second-order valence-electron chi connectivity index (χ2n) is 7.36. The number of hydroxylamine groups is 1. The third-order valence-electron chi connectivity index (χ3n) is 5.09. The topological polar surface area (TPSA) is 80.4 Å². The van der Waals surface area contributed by atoms with Gasteiger partial charge in [-0.2, -0.15) is 18.4 Å². The molecule has 0 heterocycles. The van der Waals surface area contributed by atoms with Crippen LogP contribution in [0.3, 0.4) is 0 Å². The van der Waals surface area contributed by atoms with Crippen LogP contribution in [0.4, 0.5) is 28.9 Å². The van der Waals surface area contributed by atoms with Crippen molar-refractivity contribution in [2.24, 2.45) is 0 Å². The molecule has 12 heteroatoms. The fraction of sp³-hybridized carbons (Fsp3) is 0.130. The van der Waals surface area contributed by atoms with Gasteiger partial charge in [0.25, 0.3) is 11.6 Å². The van der Waals surface area contributed by atoms with Gasteiger partial charge < -0.3 is 15.6 Å². The smallest absolute Gasteiger partial charge is 0.431 e. The minimum atomic E-state index is -5.39. The number of amides is 1. The predicted octanol–water partition coefficient (Wildman–Crippen LogP) is 6.19. The molecule has 0 radical (unpaired) electrons. The first kappa shape index (κ1) is 26.7. The minimum absolute atomic E-state index is 0.00282. The summed E-state index contributed by atoms with van der Waals surface area (Å²) >= 11 is 17.9. The summed E-state index contributed by atoms with van der Waals surface area (Å²) < 4.78 is 57.4. The molecular weight excluding hydrogens is 533 g/mol. The number of nitrogens with zero attached hydrogens (tertiary/aromatic N) is 1. The first-order valence-electron chi connectivity index (χ1n) is 9.67. The third kappa shape index (κ3) is 5.22. The van der Waals surface area contributed by atoms with Gasteiger partial charge in [0.2, 0.25) is 0 Å². The van der Waals surface area contributed by atoms with Crippen molar-refractivity contribution < 1.29 is 27.4 Å². The molecule has 3 aromatic carbocycles. The molecule has 182 valence electrons. The van der Waals surface area contributed by atoms with Gasteiger partial charge in [0.15, 0.2) is 0 Å². The Morgan fingerprint density at radius 3 is 2.03 bits per heavy atom. The fourth-order valence-electron chi connectivity index (χ4n) is 3.32. The SMILES string of the molecule is C[NH+]([O-])c1cc(C(=O)Nc2c(Cl)cc(C(F)(c3ccc(Cl)cc3)C(F)(F)F)cc2Cl)ccc1C#N. The van der Waals surface area contributed by atoms with Crippen LogP contribution in [-0.4, -0.2) is 19.1 Å². The molecule has 0 saturated carbocycles. The molecule has 0 aliphatic heterocycles. The third-order valence-corrected chi connectivity index (χ3v) is 5.94. The van der Waals surface area contributed by atoms with Gasteiger partial charge in [-0.1, -0.05) is 46.9 Å². The van der Waals surface area contributed by atoms with Gasteiger partial charge in [-0.15, -0.1) is 0 Å². The molecule has 0 fully saturated rings. The van der Waals surface area contributed by atoms with Crippen molar-refractivity contribution in [2.45, 2.75) is 11.8 Å². The number of nitriles is 1. The average Bonchev–Trinajstić information content (AvgIpc) is 2.79. The van der Waals surface area contributed by atoms with Crippen molar-refractivity contribution in [3.63, 3.8) is 0 Å². The number of nitrogens with one attached hydrogen (secondary N) is 2. The van der Waals surface area contributed by atoms with E-state index in [4.69, 9.17) is 40.1 Å². The molecule has 2 N–H and O–H groups in total. The molecular formula is C23H14Cl3F4N3O2. The summed E-state index contributed by atoms with van der Waals surface area (Å²) in [6.45, 7) is 0. The number of carbonyl (C=O) groups is 1. The van der Waals surface area contributed by atoms with Crippen molar-refractivity contribution in [3.8, 4) is 6.07 Å². The van der Waals surface area contributed by atoms with Crippen molar-refractivity contribution in [2.75, 3.05) is 12.4 Å². The van der Waals surface area contributed by atoms with E-state index in [2.05, 4.69) is 5.32 Å². The van der Waals surface area contributed by atoms with Gasteiger partial charge in [0, 0.05) is 27.8 Å². The summed E-state index contributed by atoms with van der Waals surface area (Å²) in [7, 11) is 1.22. The van der Waals surface area contributed by atoms with E-state index in [9.17, 15) is 23.2 Å². The van der Waals surface area contributed by atoms with Crippen LogP contribution < -0.4 is 10.4 Å². The molecule has 0 aliphatic carbocycles. The molecule has 0 aromatic heterocycles. The Kier molecular flexibility index (Phi) is 7.65.